The molecule has 0 aliphatic rings. The van der Waals surface area contributed by atoms with Gasteiger partial charge in [-0.1, -0.05) is 20.8 Å². The third-order valence-corrected chi connectivity index (χ3v) is 1.78. The van der Waals surface area contributed by atoms with Crippen molar-refractivity contribution in [3.63, 3.8) is 0 Å². The molecule has 0 spiro atoms. The van der Waals surface area contributed by atoms with Crippen molar-refractivity contribution in [3.8, 4) is 0 Å². The molecule has 0 bridgehead atoms. The molecule has 1 N–H and O–H groups in total. The number of hydrogen-bond donors (Lipinski definition) is 1. The maximum atomic E-state index is 9.16. The van der Waals surface area contributed by atoms with E-state index < -0.39 is 0 Å². The molecule has 0 aromatic carbocycles. The minimum Gasteiger partial charge on any atom is -0.446 e. The highest BCUT2D eigenvalue weighted by atomic mass is 16.4. The average molecular weight is 197 g/mol. The van der Waals surface area contributed by atoms with E-state index in [2.05, 4.69) is 25.8 Å². The summed E-state index contributed by atoms with van der Waals surface area (Å²) in [6.45, 7) is 8.18. The van der Waals surface area contributed by atoms with Gasteiger partial charge in [-0.25, -0.2) is 4.98 Å². The summed E-state index contributed by atoms with van der Waals surface area (Å²) in [4.78, 5) is 4.18. The van der Waals surface area contributed by atoms with E-state index >= 15 is 0 Å². The van der Waals surface area contributed by atoms with Gasteiger partial charge in [-0.3, -0.25) is 0 Å². The Morgan fingerprint density at radius 3 is 2.64 bits per heavy atom. The number of aromatic nitrogens is 1. The molecule has 0 saturated heterocycles. The number of oxazole rings is 1. The van der Waals surface area contributed by atoms with Crippen LogP contribution >= 0.6 is 0 Å². The van der Waals surface area contributed by atoms with E-state index in [0.29, 0.717) is 6.42 Å². The van der Waals surface area contributed by atoms with Crippen molar-refractivity contribution in [1.82, 2.24) is 4.98 Å². The molecule has 0 aliphatic heterocycles. The lowest BCUT2D eigenvalue weighted by molar-refractivity contribution is 0.186. The normalized spacial score (nSPS) is 14.4. The Bertz CT molecular complexity index is 284. The summed E-state index contributed by atoms with van der Waals surface area (Å²) in [6.07, 6.45) is 2.70. The molecule has 3 heteroatoms. The second-order valence-corrected chi connectivity index (χ2v) is 5.01. The third kappa shape index (κ3) is 3.92. The molecule has 0 fully saturated rings. The van der Waals surface area contributed by atoms with Gasteiger partial charge in [0.15, 0.2) is 5.89 Å². The van der Waals surface area contributed by atoms with Gasteiger partial charge in [0.05, 0.1) is 12.3 Å². The molecule has 1 aromatic heterocycles. The highest BCUT2D eigenvalue weighted by Crippen LogP contribution is 2.20. The van der Waals surface area contributed by atoms with Gasteiger partial charge in [-0.2, -0.15) is 0 Å². The van der Waals surface area contributed by atoms with Gasteiger partial charge in [0.2, 0.25) is 0 Å². The smallest absolute Gasteiger partial charge is 0.194 e. The van der Waals surface area contributed by atoms with Gasteiger partial charge >= 0.3 is 0 Å². The molecular formula is C11H19NO2. The lowest BCUT2D eigenvalue weighted by atomic mass is 9.92. The minimum absolute atomic E-state index is 0.187. The van der Waals surface area contributed by atoms with Crippen molar-refractivity contribution in [2.75, 3.05) is 0 Å². The largest absolute Gasteiger partial charge is 0.446 e. The summed E-state index contributed by atoms with van der Waals surface area (Å²) in [7, 11) is 0. The number of aliphatic hydroxyl groups is 1. The van der Waals surface area contributed by atoms with Crippen molar-refractivity contribution in [2.45, 2.75) is 46.6 Å². The lowest BCUT2D eigenvalue weighted by Crippen LogP contribution is -2.09. The Labute approximate surface area is 85.2 Å². The van der Waals surface area contributed by atoms with Gasteiger partial charge in [0.25, 0.3) is 0 Å². The third-order valence-electron chi connectivity index (χ3n) is 1.78. The minimum atomic E-state index is -0.370. The van der Waals surface area contributed by atoms with Crippen LogP contribution in [0.1, 0.15) is 39.3 Å². The van der Waals surface area contributed by atoms with Crippen molar-refractivity contribution in [1.29, 1.82) is 0 Å². The molecule has 14 heavy (non-hydrogen) atoms. The Morgan fingerprint density at radius 2 is 2.14 bits per heavy atom. The van der Waals surface area contributed by atoms with Crippen LogP contribution in [0, 0.1) is 5.41 Å². The predicted octanol–water partition coefficient (Wildman–Crippen LogP) is 2.19. The molecule has 1 rings (SSSR count). The molecule has 1 heterocycles. The SMILES string of the molecule is CC(O)Cc1cnc(CC(C)(C)C)o1. The van der Waals surface area contributed by atoms with E-state index in [1.807, 2.05) is 0 Å². The van der Waals surface area contributed by atoms with Crippen molar-refractivity contribution >= 4 is 0 Å². The Morgan fingerprint density at radius 1 is 1.50 bits per heavy atom. The van der Waals surface area contributed by atoms with Crippen LogP contribution in [-0.2, 0) is 12.8 Å². The molecule has 80 valence electrons. The summed E-state index contributed by atoms with van der Waals surface area (Å²) in [5, 5.41) is 9.16. The number of hydrogen-bond acceptors (Lipinski definition) is 3. The van der Waals surface area contributed by atoms with Crippen molar-refractivity contribution in [3.05, 3.63) is 17.8 Å². The van der Waals surface area contributed by atoms with Gasteiger partial charge in [0, 0.05) is 12.8 Å². The Balaban J connectivity index is 2.60. The zero-order chi connectivity index (χ0) is 10.8. The fourth-order valence-corrected chi connectivity index (χ4v) is 1.27. The zero-order valence-corrected chi connectivity index (χ0v) is 9.37. The molecule has 0 saturated carbocycles. The maximum absolute atomic E-state index is 9.16. The average Bonchev–Trinajstić information content (AvgIpc) is 2.30. The molecule has 1 unspecified atom stereocenters. The first-order chi connectivity index (χ1) is 6.37. The van der Waals surface area contributed by atoms with Crippen molar-refractivity contribution < 1.29 is 9.52 Å². The summed E-state index contributed by atoms with van der Waals surface area (Å²) >= 11 is 0. The monoisotopic (exact) mass is 197 g/mol. The first-order valence-corrected chi connectivity index (χ1v) is 4.98. The van der Waals surface area contributed by atoms with Crippen LogP contribution in [0.5, 0.6) is 0 Å². The van der Waals surface area contributed by atoms with Crippen LogP contribution in [-0.4, -0.2) is 16.2 Å². The summed E-state index contributed by atoms with van der Waals surface area (Å²) in [5.41, 5.74) is 0.187. The molecule has 1 aromatic rings. The molecule has 3 nitrogen and oxygen atoms in total. The zero-order valence-electron chi connectivity index (χ0n) is 9.37. The first-order valence-electron chi connectivity index (χ1n) is 4.98. The Kier molecular flexibility index (Phi) is 3.32. The molecular weight excluding hydrogens is 178 g/mol. The topological polar surface area (TPSA) is 46.3 Å². The van der Waals surface area contributed by atoms with Crippen LogP contribution in [0.4, 0.5) is 0 Å². The Hall–Kier alpha value is -0.830. The van der Waals surface area contributed by atoms with Crippen LogP contribution in [0.3, 0.4) is 0 Å². The maximum Gasteiger partial charge on any atom is 0.194 e. The number of rotatable bonds is 3. The van der Waals surface area contributed by atoms with E-state index in [0.717, 1.165) is 18.1 Å². The van der Waals surface area contributed by atoms with Gasteiger partial charge in [0.1, 0.15) is 5.76 Å². The second kappa shape index (κ2) is 4.13. The van der Waals surface area contributed by atoms with Crippen molar-refractivity contribution in [2.24, 2.45) is 5.41 Å². The summed E-state index contributed by atoms with van der Waals surface area (Å²) < 4.78 is 5.50. The van der Waals surface area contributed by atoms with E-state index in [-0.39, 0.29) is 11.5 Å². The molecule has 1 atom stereocenters. The number of aliphatic hydroxyl groups excluding tert-OH is 1. The highest BCUT2D eigenvalue weighted by Gasteiger charge is 2.15. The number of nitrogens with zero attached hydrogens (tertiary/aromatic N) is 1. The van der Waals surface area contributed by atoms with Crippen LogP contribution in [0.15, 0.2) is 10.6 Å². The molecule has 0 aliphatic carbocycles. The van der Waals surface area contributed by atoms with Crippen LogP contribution in [0.25, 0.3) is 0 Å². The summed E-state index contributed by atoms with van der Waals surface area (Å²) in [6, 6.07) is 0. The quantitative estimate of drug-likeness (QED) is 0.808. The second-order valence-electron chi connectivity index (χ2n) is 5.01. The predicted molar refractivity (Wildman–Crippen MR) is 55.0 cm³/mol. The molecule has 0 amide bonds. The van der Waals surface area contributed by atoms with Gasteiger partial charge in [-0.15, -0.1) is 0 Å². The van der Waals surface area contributed by atoms with E-state index in [1.165, 1.54) is 0 Å². The summed E-state index contributed by atoms with van der Waals surface area (Å²) in [5.74, 6) is 1.52. The first kappa shape index (κ1) is 11.2. The van der Waals surface area contributed by atoms with Gasteiger partial charge in [-0.05, 0) is 12.3 Å². The standard InChI is InChI=1S/C11H19NO2/c1-8(13)5-9-7-12-10(14-9)6-11(2,3)4/h7-8,13H,5-6H2,1-4H3. The molecule has 0 radical (unpaired) electrons. The van der Waals surface area contributed by atoms with Crippen LogP contribution < -0.4 is 0 Å². The fourth-order valence-electron chi connectivity index (χ4n) is 1.27. The van der Waals surface area contributed by atoms with Crippen LogP contribution in [0.2, 0.25) is 0 Å². The van der Waals surface area contributed by atoms with E-state index in [9.17, 15) is 0 Å². The highest BCUT2D eigenvalue weighted by molar-refractivity contribution is 4.97. The lowest BCUT2D eigenvalue weighted by Gasteiger charge is -2.14. The fraction of sp³-hybridized carbons (Fsp3) is 0.727. The van der Waals surface area contributed by atoms with Gasteiger partial charge < -0.3 is 9.52 Å². The van der Waals surface area contributed by atoms with E-state index in [1.54, 1.807) is 13.1 Å². The van der Waals surface area contributed by atoms with E-state index in [4.69, 9.17) is 9.52 Å².